The van der Waals surface area contributed by atoms with E-state index in [-0.39, 0.29) is 11.2 Å². The molecule has 17 heavy (non-hydrogen) atoms. The number of rotatable bonds is 2. The SMILES string of the molecule is Cc1cccc(C(Cl)c2ccc(F)cc2)c1Cl. The molecule has 0 nitrogen and oxygen atoms in total. The van der Waals surface area contributed by atoms with E-state index in [2.05, 4.69) is 0 Å². The lowest BCUT2D eigenvalue weighted by atomic mass is 10.0. The maximum absolute atomic E-state index is 12.8. The number of alkyl halides is 1. The van der Waals surface area contributed by atoms with Crippen LogP contribution in [-0.4, -0.2) is 0 Å². The minimum Gasteiger partial charge on any atom is -0.207 e. The normalized spacial score (nSPS) is 12.5. The third kappa shape index (κ3) is 2.62. The van der Waals surface area contributed by atoms with Crippen molar-refractivity contribution in [3.63, 3.8) is 0 Å². The molecule has 2 rings (SSSR count). The van der Waals surface area contributed by atoms with Crippen molar-refractivity contribution in [1.29, 1.82) is 0 Å². The molecule has 1 unspecified atom stereocenters. The number of aryl methyl sites for hydroxylation is 1. The quantitative estimate of drug-likeness (QED) is 0.664. The Balaban J connectivity index is 2.40. The van der Waals surface area contributed by atoms with E-state index in [4.69, 9.17) is 23.2 Å². The van der Waals surface area contributed by atoms with Crippen LogP contribution in [-0.2, 0) is 0 Å². The second-order valence-electron chi connectivity index (χ2n) is 3.89. The van der Waals surface area contributed by atoms with Gasteiger partial charge in [-0.3, -0.25) is 0 Å². The Morgan fingerprint density at radius 3 is 2.35 bits per heavy atom. The summed E-state index contributed by atoms with van der Waals surface area (Å²) in [5, 5.41) is 0.305. The van der Waals surface area contributed by atoms with Gasteiger partial charge in [-0.25, -0.2) is 4.39 Å². The molecule has 2 aromatic carbocycles. The zero-order valence-electron chi connectivity index (χ0n) is 9.25. The molecule has 2 aromatic rings. The Morgan fingerprint density at radius 1 is 1.06 bits per heavy atom. The van der Waals surface area contributed by atoms with Crippen molar-refractivity contribution in [2.45, 2.75) is 12.3 Å². The van der Waals surface area contributed by atoms with Gasteiger partial charge in [-0.2, -0.15) is 0 Å². The molecule has 0 fully saturated rings. The van der Waals surface area contributed by atoms with Gasteiger partial charge < -0.3 is 0 Å². The molecule has 0 heterocycles. The van der Waals surface area contributed by atoms with Gasteiger partial charge in [-0.05, 0) is 35.7 Å². The molecular weight excluding hydrogens is 258 g/mol. The fourth-order valence-electron chi connectivity index (χ4n) is 1.68. The summed E-state index contributed by atoms with van der Waals surface area (Å²) >= 11 is 12.6. The molecule has 1 atom stereocenters. The fourth-order valence-corrected chi connectivity index (χ4v) is 2.30. The molecule has 0 aliphatic rings. The maximum atomic E-state index is 12.8. The first-order chi connectivity index (χ1) is 8.09. The molecule has 0 radical (unpaired) electrons. The fraction of sp³-hybridized carbons (Fsp3) is 0.143. The zero-order chi connectivity index (χ0) is 12.4. The molecule has 0 aliphatic heterocycles. The Labute approximate surface area is 110 Å². The average Bonchev–Trinajstić information content (AvgIpc) is 2.33. The van der Waals surface area contributed by atoms with Crippen LogP contribution in [0.5, 0.6) is 0 Å². The lowest BCUT2D eigenvalue weighted by Gasteiger charge is -2.13. The van der Waals surface area contributed by atoms with Gasteiger partial charge in [0.05, 0.1) is 5.38 Å². The predicted octanol–water partition coefficient (Wildman–Crippen LogP) is 5.12. The number of hydrogen-bond donors (Lipinski definition) is 0. The number of benzene rings is 2. The lowest BCUT2D eigenvalue weighted by molar-refractivity contribution is 0.627. The van der Waals surface area contributed by atoms with Crippen molar-refractivity contribution in [1.82, 2.24) is 0 Å². The minimum absolute atomic E-state index is 0.270. The van der Waals surface area contributed by atoms with Gasteiger partial charge in [0.25, 0.3) is 0 Å². The molecule has 0 bridgehead atoms. The van der Waals surface area contributed by atoms with E-state index in [1.165, 1.54) is 12.1 Å². The standard InChI is InChI=1S/C14H11Cl2F/c1-9-3-2-4-12(13(9)15)14(16)10-5-7-11(17)8-6-10/h2-8,14H,1H3. The summed E-state index contributed by atoms with van der Waals surface area (Å²) in [5.41, 5.74) is 2.66. The van der Waals surface area contributed by atoms with Crippen LogP contribution in [0.15, 0.2) is 42.5 Å². The van der Waals surface area contributed by atoms with Gasteiger partial charge in [0, 0.05) is 5.02 Å². The summed E-state index contributed by atoms with van der Waals surface area (Å²) in [6.45, 7) is 1.93. The second kappa shape index (κ2) is 5.07. The predicted molar refractivity (Wildman–Crippen MR) is 70.3 cm³/mol. The highest BCUT2D eigenvalue weighted by Gasteiger charge is 2.14. The molecular formula is C14H11Cl2F. The summed E-state index contributed by atoms with van der Waals surface area (Å²) in [4.78, 5) is 0. The van der Waals surface area contributed by atoms with Crippen LogP contribution in [0.25, 0.3) is 0 Å². The van der Waals surface area contributed by atoms with Crippen LogP contribution >= 0.6 is 23.2 Å². The monoisotopic (exact) mass is 268 g/mol. The van der Waals surface area contributed by atoms with Gasteiger partial charge in [-0.1, -0.05) is 41.9 Å². The molecule has 0 aliphatic carbocycles. The van der Waals surface area contributed by atoms with Gasteiger partial charge in [0.2, 0.25) is 0 Å². The molecule has 88 valence electrons. The van der Waals surface area contributed by atoms with E-state index in [9.17, 15) is 4.39 Å². The summed E-state index contributed by atoms with van der Waals surface area (Å²) in [5.74, 6) is -0.270. The average molecular weight is 269 g/mol. The second-order valence-corrected chi connectivity index (χ2v) is 4.71. The van der Waals surface area contributed by atoms with Gasteiger partial charge in [0.1, 0.15) is 5.82 Å². The van der Waals surface area contributed by atoms with Crippen molar-refractivity contribution in [2.75, 3.05) is 0 Å². The minimum atomic E-state index is -0.358. The number of halogens is 3. The molecule has 0 aromatic heterocycles. The first-order valence-corrected chi connectivity index (χ1v) is 6.05. The summed E-state index contributed by atoms with van der Waals surface area (Å²) in [6.07, 6.45) is 0. The number of hydrogen-bond acceptors (Lipinski definition) is 0. The highest BCUT2D eigenvalue weighted by atomic mass is 35.5. The molecule has 0 saturated heterocycles. The van der Waals surface area contributed by atoms with Crippen LogP contribution in [0.1, 0.15) is 22.1 Å². The van der Waals surface area contributed by atoms with Crippen molar-refractivity contribution in [3.05, 3.63) is 70.0 Å². The highest BCUT2D eigenvalue weighted by Crippen LogP contribution is 2.34. The van der Waals surface area contributed by atoms with Crippen LogP contribution in [0, 0.1) is 12.7 Å². The van der Waals surface area contributed by atoms with E-state index >= 15 is 0 Å². The van der Waals surface area contributed by atoms with E-state index < -0.39 is 0 Å². The first-order valence-electron chi connectivity index (χ1n) is 5.24. The van der Waals surface area contributed by atoms with Crippen LogP contribution in [0.2, 0.25) is 5.02 Å². The molecule has 0 spiro atoms. The first kappa shape index (κ1) is 12.4. The smallest absolute Gasteiger partial charge is 0.123 e. The Morgan fingerprint density at radius 2 is 1.71 bits per heavy atom. The maximum Gasteiger partial charge on any atom is 0.123 e. The van der Waals surface area contributed by atoms with Crippen LogP contribution < -0.4 is 0 Å². The van der Waals surface area contributed by atoms with Gasteiger partial charge in [-0.15, -0.1) is 11.6 Å². The summed E-state index contributed by atoms with van der Waals surface area (Å²) in [6, 6.07) is 11.9. The Bertz CT molecular complexity index is 520. The highest BCUT2D eigenvalue weighted by molar-refractivity contribution is 6.33. The van der Waals surface area contributed by atoms with E-state index in [1.807, 2.05) is 25.1 Å². The van der Waals surface area contributed by atoms with Crippen LogP contribution in [0.3, 0.4) is 0 Å². The Hall–Kier alpha value is -1.05. The molecule has 0 N–H and O–H groups in total. The van der Waals surface area contributed by atoms with Crippen molar-refractivity contribution >= 4 is 23.2 Å². The van der Waals surface area contributed by atoms with E-state index in [0.717, 1.165) is 16.7 Å². The third-order valence-electron chi connectivity index (χ3n) is 2.66. The zero-order valence-corrected chi connectivity index (χ0v) is 10.8. The summed E-state index contributed by atoms with van der Waals surface area (Å²) in [7, 11) is 0. The van der Waals surface area contributed by atoms with Crippen molar-refractivity contribution in [3.8, 4) is 0 Å². The van der Waals surface area contributed by atoms with Crippen molar-refractivity contribution < 1.29 is 4.39 Å². The van der Waals surface area contributed by atoms with Gasteiger partial charge >= 0.3 is 0 Å². The van der Waals surface area contributed by atoms with E-state index in [0.29, 0.717) is 5.02 Å². The molecule has 0 saturated carbocycles. The van der Waals surface area contributed by atoms with Crippen molar-refractivity contribution in [2.24, 2.45) is 0 Å². The third-order valence-corrected chi connectivity index (χ3v) is 3.66. The topological polar surface area (TPSA) is 0 Å². The van der Waals surface area contributed by atoms with E-state index in [1.54, 1.807) is 12.1 Å². The van der Waals surface area contributed by atoms with Gasteiger partial charge in [0.15, 0.2) is 0 Å². The lowest BCUT2D eigenvalue weighted by Crippen LogP contribution is -1.95. The molecule has 0 amide bonds. The molecule has 3 heteroatoms. The van der Waals surface area contributed by atoms with Crippen LogP contribution in [0.4, 0.5) is 4.39 Å². The Kier molecular flexibility index (Phi) is 3.70. The largest absolute Gasteiger partial charge is 0.207 e. The summed E-state index contributed by atoms with van der Waals surface area (Å²) < 4.78 is 12.8.